The minimum absolute atomic E-state index is 0.102. The Morgan fingerprint density at radius 1 is 1.35 bits per heavy atom. The Bertz CT molecular complexity index is 596. The van der Waals surface area contributed by atoms with Gasteiger partial charge in [0, 0.05) is 5.56 Å². The van der Waals surface area contributed by atoms with Gasteiger partial charge in [0.15, 0.2) is 5.69 Å². The summed E-state index contributed by atoms with van der Waals surface area (Å²) < 4.78 is 12.8. The molecule has 7 heteroatoms. The van der Waals surface area contributed by atoms with E-state index in [-0.39, 0.29) is 11.5 Å². The third-order valence-corrected chi connectivity index (χ3v) is 2.75. The van der Waals surface area contributed by atoms with Crippen LogP contribution in [0.15, 0.2) is 34.2 Å². The van der Waals surface area contributed by atoms with Gasteiger partial charge in [0.25, 0.3) is 0 Å². The Hall–Kier alpha value is -1.89. The topological polar surface area (TPSA) is 73.8 Å². The van der Waals surface area contributed by atoms with Crippen molar-refractivity contribution in [3.8, 4) is 11.3 Å². The van der Waals surface area contributed by atoms with Gasteiger partial charge >= 0.3 is 5.56 Å². The summed E-state index contributed by atoms with van der Waals surface area (Å²) in [7, 11) is 0. The van der Waals surface area contributed by atoms with E-state index in [4.69, 9.17) is 5.84 Å². The number of halogens is 1. The minimum atomic E-state index is -0.484. The molecule has 0 saturated carbocycles. The first-order chi connectivity index (χ1) is 8.11. The van der Waals surface area contributed by atoms with E-state index < -0.39 is 5.56 Å². The third-order valence-electron chi connectivity index (χ3n) is 2.10. The van der Waals surface area contributed by atoms with Crippen LogP contribution < -0.4 is 11.4 Å². The highest BCUT2D eigenvalue weighted by molar-refractivity contribution is 7.98. The highest BCUT2D eigenvalue weighted by Gasteiger charge is 2.10. The van der Waals surface area contributed by atoms with Crippen molar-refractivity contribution in [3.05, 3.63) is 40.4 Å². The Morgan fingerprint density at radius 2 is 2.00 bits per heavy atom. The summed E-state index contributed by atoms with van der Waals surface area (Å²) >= 11 is 1.22. The second kappa shape index (κ2) is 4.54. The number of nitrogens with zero attached hydrogens (tertiary/aromatic N) is 3. The molecule has 0 aliphatic carbocycles. The Kier molecular flexibility index (Phi) is 3.10. The molecular weight excluding hydrogens is 243 g/mol. The minimum Gasteiger partial charge on any atom is -0.321 e. The van der Waals surface area contributed by atoms with Crippen molar-refractivity contribution in [2.45, 2.75) is 5.16 Å². The van der Waals surface area contributed by atoms with Gasteiger partial charge in [0.1, 0.15) is 5.82 Å². The standard InChI is InChI=1S/C10H9FN4OS/c1-17-10-13-9(16)8(14-15(10)12)6-2-4-7(11)5-3-6/h2-5H,12H2,1H3. The first-order valence-corrected chi connectivity index (χ1v) is 5.90. The van der Waals surface area contributed by atoms with Crippen molar-refractivity contribution in [2.75, 3.05) is 12.1 Å². The van der Waals surface area contributed by atoms with Crippen LogP contribution in [0.1, 0.15) is 0 Å². The quantitative estimate of drug-likeness (QED) is 0.634. The van der Waals surface area contributed by atoms with E-state index in [1.165, 1.54) is 36.0 Å². The average molecular weight is 252 g/mol. The number of thioether (sulfide) groups is 1. The molecule has 0 saturated heterocycles. The Morgan fingerprint density at radius 3 is 2.59 bits per heavy atom. The van der Waals surface area contributed by atoms with Crippen LogP contribution in [0.2, 0.25) is 0 Å². The van der Waals surface area contributed by atoms with Crippen LogP contribution in [-0.4, -0.2) is 21.1 Å². The van der Waals surface area contributed by atoms with Crippen LogP contribution in [0.25, 0.3) is 11.3 Å². The molecule has 5 nitrogen and oxygen atoms in total. The van der Waals surface area contributed by atoms with Crippen LogP contribution in [-0.2, 0) is 0 Å². The van der Waals surface area contributed by atoms with Gasteiger partial charge in [-0.25, -0.2) is 4.39 Å². The largest absolute Gasteiger partial charge is 0.321 e. The molecule has 1 heterocycles. The van der Waals surface area contributed by atoms with Crippen molar-refractivity contribution < 1.29 is 4.39 Å². The van der Waals surface area contributed by atoms with Gasteiger partial charge in [-0.2, -0.15) is 9.77 Å². The van der Waals surface area contributed by atoms with Gasteiger partial charge in [-0.3, -0.25) is 4.79 Å². The van der Waals surface area contributed by atoms with Gasteiger partial charge < -0.3 is 5.84 Å². The number of rotatable bonds is 2. The van der Waals surface area contributed by atoms with E-state index in [2.05, 4.69) is 10.1 Å². The molecule has 1 aromatic heterocycles. The first kappa shape index (κ1) is 11.6. The fraction of sp³-hybridized carbons (Fsp3) is 0.100. The summed E-state index contributed by atoms with van der Waals surface area (Å²) in [5, 5.41) is 4.24. The average Bonchev–Trinajstić information content (AvgIpc) is 2.33. The second-order valence-electron chi connectivity index (χ2n) is 3.20. The van der Waals surface area contributed by atoms with Crippen LogP contribution >= 0.6 is 11.8 Å². The van der Waals surface area contributed by atoms with E-state index in [1.54, 1.807) is 6.26 Å². The molecule has 0 spiro atoms. The summed E-state index contributed by atoms with van der Waals surface area (Å²) in [6.07, 6.45) is 1.74. The Labute approximate surface area is 100 Å². The fourth-order valence-electron chi connectivity index (χ4n) is 1.31. The number of hydrogen-bond acceptors (Lipinski definition) is 5. The van der Waals surface area contributed by atoms with Gasteiger partial charge in [-0.15, -0.1) is 5.10 Å². The molecule has 0 bridgehead atoms. The molecule has 88 valence electrons. The van der Waals surface area contributed by atoms with Crippen LogP contribution in [0.3, 0.4) is 0 Å². The lowest BCUT2D eigenvalue weighted by Gasteiger charge is -2.05. The molecule has 0 unspecified atom stereocenters. The molecule has 0 atom stereocenters. The van der Waals surface area contributed by atoms with E-state index in [0.717, 1.165) is 4.79 Å². The fourth-order valence-corrected chi connectivity index (χ4v) is 1.71. The maximum Gasteiger partial charge on any atom is 0.300 e. The molecule has 17 heavy (non-hydrogen) atoms. The maximum atomic E-state index is 12.8. The monoisotopic (exact) mass is 252 g/mol. The highest BCUT2D eigenvalue weighted by Crippen LogP contribution is 2.14. The van der Waals surface area contributed by atoms with Crippen LogP contribution in [0.4, 0.5) is 4.39 Å². The number of nitrogen functional groups attached to an aromatic ring is 1. The normalized spacial score (nSPS) is 10.5. The highest BCUT2D eigenvalue weighted by atomic mass is 32.2. The van der Waals surface area contributed by atoms with Crippen LogP contribution in [0.5, 0.6) is 0 Å². The zero-order chi connectivity index (χ0) is 12.4. The summed E-state index contributed by atoms with van der Waals surface area (Å²) in [6, 6.07) is 5.42. The second-order valence-corrected chi connectivity index (χ2v) is 3.98. The molecule has 0 aliphatic heterocycles. The van der Waals surface area contributed by atoms with E-state index >= 15 is 0 Å². The van der Waals surface area contributed by atoms with Gasteiger partial charge in [-0.05, 0) is 30.5 Å². The Balaban J connectivity index is 2.56. The van der Waals surface area contributed by atoms with Crippen LogP contribution in [0, 0.1) is 5.82 Å². The zero-order valence-electron chi connectivity index (χ0n) is 8.92. The van der Waals surface area contributed by atoms with E-state index in [9.17, 15) is 9.18 Å². The molecule has 2 N–H and O–H groups in total. The van der Waals surface area contributed by atoms with Crippen molar-refractivity contribution in [2.24, 2.45) is 0 Å². The molecule has 0 fully saturated rings. The van der Waals surface area contributed by atoms with Gasteiger partial charge in [0.05, 0.1) is 0 Å². The van der Waals surface area contributed by atoms with Gasteiger partial charge in [-0.1, -0.05) is 11.8 Å². The number of aromatic nitrogens is 3. The SMILES string of the molecule is CSc1nc(=O)c(-c2ccc(F)cc2)nn1N. The van der Waals surface area contributed by atoms with E-state index in [0.29, 0.717) is 10.7 Å². The molecule has 2 aromatic rings. The van der Waals surface area contributed by atoms with Crippen molar-refractivity contribution in [1.29, 1.82) is 0 Å². The summed E-state index contributed by atoms with van der Waals surface area (Å²) in [5.74, 6) is 5.20. The smallest absolute Gasteiger partial charge is 0.300 e. The lowest BCUT2D eigenvalue weighted by molar-refractivity contribution is 0.627. The van der Waals surface area contributed by atoms with Crippen molar-refractivity contribution >= 4 is 11.8 Å². The maximum absolute atomic E-state index is 12.8. The number of nitrogens with two attached hydrogens (primary N) is 1. The molecule has 1 aromatic carbocycles. The summed E-state index contributed by atoms with van der Waals surface area (Å²) in [4.78, 5) is 16.5. The lowest BCUT2D eigenvalue weighted by Crippen LogP contribution is -2.25. The van der Waals surface area contributed by atoms with Gasteiger partial charge in [0.2, 0.25) is 5.16 Å². The molecule has 0 aliphatic rings. The summed E-state index contributed by atoms with van der Waals surface area (Å²) in [6.45, 7) is 0. The predicted octanol–water partition coefficient (Wildman–Crippen LogP) is 0.880. The zero-order valence-corrected chi connectivity index (χ0v) is 9.74. The number of benzene rings is 1. The molecule has 0 radical (unpaired) electrons. The first-order valence-electron chi connectivity index (χ1n) is 4.68. The molecular formula is C10H9FN4OS. The third kappa shape index (κ3) is 2.28. The number of hydrogen-bond donors (Lipinski definition) is 1. The van der Waals surface area contributed by atoms with Crippen molar-refractivity contribution in [1.82, 2.24) is 14.9 Å². The lowest BCUT2D eigenvalue weighted by atomic mass is 10.2. The molecule has 2 rings (SSSR count). The summed E-state index contributed by atoms with van der Waals surface area (Å²) in [5.41, 5.74) is 0.101. The predicted molar refractivity (Wildman–Crippen MR) is 63.6 cm³/mol. The molecule has 0 amide bonds. The van der Waals surface area contributed by atoms with Crippen molar-refractivity contribution in [3.63, 3.8) is 0 Å². The van der Waals surface area contributed by atoms with E-state index in [1.807, 2.05) is 0 Å².